The molecule has 21 heavy (non-hydrogen) atoms. The van der Waals surface area contributed by atoms with E-state index >= 15 is 0 Å². The van der Waals surface area contributed by atoms with Gasteiger partial charge in [0.25, 0.3) is 0 Å². The number of carbonyl (C=O) groups excluding carboxylic acids is 2. The molecule has 0 N–H and O–H groups in total. The summed E-state index contributed by atoms with van der Waals surface area (Å²) in [6.45, 7) is 3.72. The van der Waals surface area contributed by atoms with E-state index in [0.29, 0.717) is 6.61 Å². The molecule has 110 valence electrons. The molecule has 1 heterocycles. The van der Waals surface area contributed by atoms with Crippen LogP contribution < -0.4 is 0 Å². The number of benzene rings is 1. The van der Waals surface area contributed by atoms with Crippen molar-refractivity contribution in [3.8, 4) is 0 Å². The molecule has 0 saturated heterocycles. The van der Waals surface area contributed by atoms with Gasteiger partial charge in [0.05, 0.1) is 12.1 Å². The highest BCUT2D eigenvalue weighted by Crippen LogP contribution is 2.22. The number of fused-ring (bicyclic) bond motifs is 1. The van der Waals surface area contributed by atoms with Crippen molar-refractivity contribution in [1.82, 2.24) is 4.57 Å². The summed E-state index contributed by atoms with van der Waals surface area (Å²) >= 11 is 0. The molecule has 0 unspecified atom stereocenters. The Bertz CT molecular complexity index is 682. The number of aryl methyl sites for hydroxylation is 1. The van der Waals surface area contributed by atoms with Crippen LogP contribution in [-0.2, 0) is 16.0 Å². The monoisotopic (exact) mass is 285 g/mol. The first-order valence-corrected chi connectivity index (χ1v) is 7.06. The number of allylic oxidation sites excluding steroid dienone is 1. The predicted molar refractivity (Wildman–Crippen MR) is 82.3 cm³/mol. The third-order valence-electron chi connectivity index (χ3n) is 3.25. The third kappa shape index (κ3) is 3.60. The molecule has 0 bridgehead atoms. The van der Waals surface area contributed by atoms with Crippen molar-refractivity contribution in [3.63, 3.8) is 0 Å². The van der Waals surface area contributed by atoms with Gasteiger partial charge in [0.1, 0.15) is 0 Å². The van der Waals surface area contributed by atoms with Gasteiger partial charge in [0.15, 0.2) is 0 Å². The lowest BCUT2D eigenvalue weighted by atomic mass is 10.1. The van der Waals surface area contributed by atoms with E-state index in [1.807, 2.05) is 30.5 Å². The molecule has 0 spiro atoms. The number of esters is 1. The maximum Gasteiger partial charge on any atom is 0.330 e. The summed E-state index contributed by atoms with van der Waals surface area (Å²) in [7, 11) is 0. The highest BCUT2D eigenvalue weighted by molar-refractivity contribution is 5.93. The number of aromatic nitrogens is 1. The Morgan fingerprint density at radius 1 is 1.29 bits per heavy atom. The van der Waals surface area contributed by atoms with E-state index in [9.17, 15) is 9.59 Å². The predicted octanol–water partition coefficient (Wildman–Crippen LogP) is 3.35. The average Bonchev–Trinajstić information content (AvgIpc) is 2.83. The molecule has 0 atom stereocenters. The SMILES string of the molecule is CCOC(=O)C=CCCc1cn(C(C)=O)c2ccccc12. The highest BCUT2D eigenvalue weighted by atomic mass is 16.5. The largest absolute Gasteiger partial charge is 0.463 e. The van der Waals surface area contributed by atoms with Crippen LogP contribution in [0.25, 0.3) is 10.9 Å². The summed E-state index contributed by atoms with van der Waals surface area (Å²) in [6, 6.07) is 7.84. The molecule has 0 aliphatic heterocycles. The first-order valence-electron chi connectivity index (χ1n) is 7.06. The van der Waals surface area contributed by atoms with E-state index in [1.165, 1.54) is 6.08 Å². The molecular weight excluding hydrogens is 266 g/mol. The summed E-state index contributed by atoms with van der Waals surface area (Å²) < 4.78 is 6.49. The Morgan fingerprint density at radius 2 is 2.05 bits per heavy atom. The third-order valence-corrected chi connectivity index (χ3v) is 3.25. The highest BCUT2D eigenvalue weighted by Gasteiger charge is 2.09. The fourth-order valence-corrected chi connectivity index (χ4v) is 2.32. The molecule has 0 amide bonds. The number of para-hydroxylation sites is 1. The smallest absolute Gasteiger partial charge is 0.330 e. The molecule has 1 aromatic heterocycles. The first kappa shape index (κ1) is 15.0. The quantitative estimate of drug-likeness (QED) is 0.625. The van der Waals surface area contributed by atoms with Crippen LogP contribution in [0.1, 0.15) is 30.6 Å². The van der Waals surface area contributed by atoms with E-state index in [0.717, 1.165) is 29.3 Å². The number of hydrogen-bond acceptors (Lipinski definition) is 3. The normalized spacial score (nSPS) is 11.1. The Labute approximate surface area is 124 Å². The number of rotatable bonds is 5. The molecular formula is C17H19NO3. The second-order valence-corrected chi connectivity index (χ2v) is 4.75. The molecule has 1 aromatic carbocycles. The molecule has 2 aromatic rings. The molecule has 0 aliphatic rings. The van der Waals surface area contributed by atoms with Crippen molar-refractivity contribution in [2.75, 3.05) is 6.61 Å². The fourth-order valence-electron chi connectivity index (χ4n) is 2.32. The van der Waals surface area contributed by atoms with Crippen LogP contribution in [0.4, 0.5) is 0 Å². The zero-order chi connectivity index (χ0) is 15.2. The van der Waals surface area contributed by atoms with Crippen LogP contribution in [-0.4, -0.2) is 23.1 Å². The molecule has 0 radical (unpaired) electrons. The average molecular weight is 285 g/mol. The first-order chi connectivity index (χ1) is 10.1. The van der Waals surface area contributed by atoms with Crippen LogP contribution in [0.2, 0.25) is 0 Å². The molecule has 0 aliphatic carbocycles. The van der Waals surface area contributed by atoms with Crippen LogP contribution >= 0.6 is 0 Å². The Kier molecular flexibility index (Phi) is 4.93. The van der Waals surface area contributed by atoms with E-state index in [2.05, 4.69) is 0 Å². The maximum absolute atomic E-state index is 11.7. The van der Waals surface area contributed by atoms with Crippen LogP contribution in [0.3, 0.4) is 0 Å². The standard InChI is InChI=1S/C17H19NO3/c1-3-21-17(20)11-7-4-8-14-12-18(13(2)19)16-10-6-5-9-15(14)16/h5-7,9-12H,3-4,8H2,1-2H3. The van der Waals surface area contributed by atoms with Gasteiger partial charge in [0.2, 0.25) is 5.91 Å². The van der Waals surface area contributed by atoms with Crippen LogP contribution in [0, 0.1) is 0 Å². The number of nitrogens with zero attached hydrogens (tertiary/aromatic N) is 1. The molecule has 2 rings (SSSR count). The second-order valence-electron chi connectivity index (χ2n) is 4.75. The minimum absolute atomic E-state index is 0.000448. The fraction of sp³-hybridized carbons (Fsp3) is 0.294. The van der Waals surface area contributed by atoms with Crippen molar-refractivity contribution < 1.29 is 14.3 Å². The van der Waals surface area contributed by atoms with Gasteiger partial charge in [-0.2, -0.15) is 0 Å². The van der Waals surface area contributed by atoms with E-state index in [4.69, 9.17) is 4.74 Å². The summed E-state index contributed by atoms with van der Waals surface area (Å²) in [5, 5.41) is 1.08. The van der Waals surface area contributed by atoms with E-state index in [1.54, 1.807) is 24.5 Å². The summed E-state index contributed by atoms with van der Waals surface area (Å²) in [5.41, 5.74) is 2.03. The minimum atomic E-state index is -0.316. The van der Waals surface area contributed by atoms with Crippen molar-refractivity contribution in [2.45, 2.75) is 26.7 Å². The topological polar surface area (TPSA) is 48.3 Å². The second kappa shape index (κ2) is 6.88. The molecule has 4 heteroatoms. The summed E-state index contributed by atoms with van der Waals surface area (Å²) in [6.07, 6.45) is 6.64. The van der Waals surface area contributed by atoms with Gasteiger partial charge in [-0.05, 0) is 31.4 Å². The zero-order valence-electron chi connectivity index (χ0n) is 12.3. The Hall–Kier alpha value is -2.36. The number of carbonyl (C=O) groups is 2. The Morgan fingerprint density at radius 3 is 2.76 bits per heavy atom. The van der Waals surface area contributed by atoms with Crippen molar-refractivity contribution in [1.29, 1.82) is 0 Å². The molecule has 0 saturated carbocycles. The van der Waals surface area contributed by atoms with Gasteiger partial charge < -0.3 is 4.74 Å². The maximum atomic E-state index is 11.7. The zero-order valence-corrected chi connectivity index (χ0v) is 12.3. The minimum Gasteiger partial charge on any atom is -0.463 e. The summed E-state index contributed by atoms with van der Waals surface area (Å²) in [5.74, 6) is -0.317. The lowest BCUT2D eigenvalue weighted by Crippen LogP contribution is -2.02. The Balaban J connectivity index is 2.12. The van der Waals surface area contributed by atoms with Crippen LogP contribution in [0.5, 0.6) is 0 Å². The lowest BCUT2D eigenvalue weighted by molar-refractivity contribution is -0.137. The van der Waals surface area contributed by atoms with Gasteiger partial charge in [0, 0.05) is 24.6 Å². The van der Waals surface area contributed by atoms with Gasteiger partial charge in [-0.3, -0.25) is 9.36 Å². The molecule has 0 fully saturated rings. The van der Waals surface area contributed by atoms with Gasteiger partial charge >= 0.3 is 5.97 Å². The van der Waals surface area contributed by atoms with Crippen LogP contribution in [0.15, 0.2) is 42.6 Å². The van der Waals surface area contributed by atoms with Crippen molar-refractivity contribution in [2.24, 2.45) is 0 Å². The van der Waals surface area contributed by atoms with Crippen molar-refractivity contribution in [3.05, 3.63) is 48.2 Å². The lowest BCUT2D eigenvalue weighted by Gasteiger charge is -1.97. The van der Waals surface area contributed by atoms with Gasteiger partial charge in [-0.25, -0.2) is 4.79 Å². The summed E-state index contributed by atoms with van der Waals surface area (Å²) in [4.78, 5) is 22.9. The number of hydrogen-bond donors (Lipinski definition) is 0. The van der Waals surface area contributed by atoms with Gasteiger partial charge in [-0.15, -0.1) is 0 Å². The van der Waals surface area contributed by atoms with E-state index < -0.39 is 0 Å². The number of ether oxygens (including phenoxy) is 1. The molecule has 4 nitrogen and oxygen atoms in total. The van der Waals surface area contributed by atoms with Gasteiger partial charge in [-0.1, -0.05) is 24.3 Å². The van der Waals surface area contributed by atoms with Crippen molar-refractivity contribution >= 4 is 22.8 Å². The van der Waals surface area contributed by atoms with E-state index in [-0.39, 0.29) is 11.9 Å².